The number of hydrogen-bond donors (Lipinski definition) is 1. The first-order chi connectivity index (χ1) is 11.8. The van der Waals surface area contributed by atoms with Gasteiger partial charge in [-0.1, -0.05) is 42.5 Å². The molecule has 4 aromatic rings. The van der Waals surface area contributed by atoms with E-state index >= 15 is 0 Å². The van der Waals surface area contributed by atoms with E-state index in [0.717, 1.165) is 17.5 Å². The summed E-state index contributed by atoms with van der Waals surface area (Å²) in [5.41, 5.74) is 10.6. The molecule has 0 radical (unpaired) electrons. The Bertz CT molecular complexity index is 1080. The van der Waals surface area contributed by atoms with E-state index in [1.165, 1.54) is 5.56 Å². The Hall–Kier alpha value is -3.10. The summed E-state index contributed by atoms with van der Waals surface area (Å²) in [7, 11) is 0. The van der Waals surface area contributed by atoms with Crippen LogP contribution in [0.4, 0.5) is 5.82 Å². The van der Waals surface area contributed by atoms with Crippen molar-refractivity contribution in [2.24, 2.45) is 0 Å². The first-order valence-electron chi connectivity index (χ1n) is 7.76. The van der Waals surface area contributed by atoms with Gasteiger partial charge in [0.05, 0.1) is 11.0 Å². The molecule has 0 spiro atoms. The summed E-state index contributed by atoms with van der Waals surface area (Å²) in [6.07, 6.45) is 0.814. The fraction of sp³-hybridized carbons (Fsp3) is 0.105. The van der Waals surface area contributed by atoms with E-state index in [0.29, 0.717) is 29.1 Å². The number of para-hydroxylation sites is 2. The molecule has 0 unspecified atom stereocenters. The van der Waals surface area contributed by atoms with Gasteiger partial charge >= 0.3 is 0 Å². The molecule has 6 heteroatoms. The summed E-state index contributed by atoms with van der Waals surface area (Å²) < 4.78 is 1.89. The summed E-state index contributed by atoms with van der Waals surface area (Å²) >= 11 is 0. The molecule has 0 amide bonds. The summed E-state index contributed by atoms with van der Waals surface area (Å²) in [5, 5.41) is 9.48. The van der Waals surface area contributed by atoms with E-state index in [9.17, 15) is 5.26 Å². The quantitative estimate of drug-likeness (QED) is 0.611. The number of hydrogen-bond acceptors (Lipinski definition) is 4. The zero-order valence-electron chi connectivity index (χ0n) is 13.4. The summed E-state index contributed by atoms with van der Waals surface area (Å²) in [6.45, 7) is 0.654. The molecular weight excluding hydrogens is 334 g/mol. The lowest BCUT2D eigenvalue weighted by atomic mass is 10.1. The van der Waals surface area contributed by atoms with E-state index in [2.05, 4.69) is 28.2 Å². The first kappa shape index (κ1) is 16.7. The summed E-state index contributed by atoms with van der Waals surface area (Å²) in [5.74, 6) is 0.429. The second-order valence-electron chi connectivity index (χ2n) is 5.64. The van der Waals surface area contributed by atoms with Crippen LogP contribution in [0.1, 0.15) is 11.1 Å². The largest absolute Gasteiger partial charge is 0.384 e. The normalized spacial score (nSPS) is 10.5. The molecule has 0 saturated carbocycles. The molecule has 0 aliphatic heterocycles. The Labute approximate surface area is 151 Å². The molecule has 5 nitrogen and oxygen atoms in total. The van der Waals surface area contributed by atoms with Gasteiger partial charge in [0.2, 0.25) is 0 Å². The number of fused-ring (bicyclic) bond motifs is 2. The van der Waals surface area contributed by atoms with Gasteiger partial charge in [-0.15, -0.1) is 12.4 Å². The zero-order chi connectivity index (χ0) is 16.5. The molecule has 2 heterocycles. The highest BCUT2D eigenvalue weighted by molar-refractivity contribution is 5.92. The van der Waals surface area contributed by atoms with Crippen LogP contribution in [0.5, 0.6) is 0 Å². The number of rotatable bonds is 3. The van der Waals surface area contributed by atoms with Crippen molar-refractivity contribution in [1.29, 1.82) is 5.26 Å². The van der Waals surface area contributed by atoms with Gasteiger partial charge in [-0.3, -0.25) is 0 Å². The van der Waals surface area contributed by atoms with Crippen LogP contribution >= 0.6 is 12.4 Å². The van der Waals surface area contributed by atoms with E-state index in [1.54, 1.807) is 0 Å². The predicted octanol–water partition coefficient (Wildman–Crippen LogP) is 3.70. The van der Waals surface area contributed by atoms with E-state index in [1.807, 2.05) is 47.0 Å². The number of nitrogens with two attached hydrogens (primary N) is 1. The maximum Gasteiger partial charge on any atom is 0.162 e. The minimum Gasteiger partial charge on any atom is -0.384 e. The smallest absolute Gasteiger partial charge is 0.162 e. The third kappa shape index (κ3) is 2.88. The topological polar surface area (TPSA) is 80.5 Å². The molecule has 0 bridgehead atoms. The Morgan fingerprint density at radius 1 is 0.960 bits per heavy atom. The molecular formula is C19H16ClN5. The van der Waals surface area contributed by atoms with Gasteiger partial charge in [0, 0.05) is 6.54 Å². The lowest BCUT2D eigenvalue weighted by molar-refractivity contribution is 0.725. The lowest BCUT2D eigenvalue weighted by Gasteiger charge is -2.07. The minimum atomic E-state index is 0. The number of aryl methyl sites for hydroxylation is 2. The van der Waals surface area contributed by atoms with Crippen molar-refractivity contribution in [3.05, 3.63) is 65.7 Å². The van der Waals surface area contributed by atoms with E-state index in [4.69, 9.17) is 5.73 Å². The van der Waals surface area contributed by atoms with Gasteiger partial charge in [-0.05, 0) is 24.1 Å². The highest BCUT2D eigenvalue weighted by Gasteiger charge is 2.18. The molecule has 124 valence electrons. The molecule has 0 atom stereocenters. The molecule has 0 saturated heterocycles. The van der Waals surface area contributed by atoms with Gasteiger partial charge in [-0.2, -0.15) is 5.26 Å². The summed E-state index contributed by atoms with van der Waals surface area (Å²) in [4.78, 5) is 9.29. The molecule has 4 rings (SSSR count). The fourth-order valence-corrected chi connectivity index (χ4v) is 2.94. The Morgan fingerprint density at radius 2 is 1.60 bits per heavy atom. The molecule has 0 aliphatic carbocycles. The molecule has 2 aromatic heterocycles. The number of anilines is 1. The molecule has 0 fully saturated rings. The Morgan fingerprint density at radius 3 is 2.28 bits per heavy atom. The number of nitriles is 1. The zero-order valence-corrected chi connectivity index (χ0v) is 14.2. The number of nitrogen functional groups attached to an aromatic ring is 1. The average Bonchev–Trinajstić information content (AvgIpc) is 2.89. The van der Waals surface area contributed by atoms with Crippen molar-refractivity contribution in [3.63, 3.8) is 0 Å². The fourth-order valence-electron chi connectivity index (χ4n) is 2.94. The number of halogens is 1. The van der Waals surface area contributed by atoms with Gasteiger partial charge < -0.3 is 10.3 Å². The second-order valence-corrected chi connectivity index (χ2v) is 5.64. The predicted molar refractivity (Wildman–Crippen MR) is 102 cm³/mol. The standard InChI is InChI=1S/C19H15N5.ClH/c20-12-14-17-19(23-16-9-5-4-8-15(16)22-17)24(18(14)21)11-10-13-6-2-1-3-7-13;/h1-9H,10-11,21H2;1H. The molecule has 25 heavy (non-hydrogen) atoms. The number of aromatic nitrogens is 3. The third-order valence-electron chi connectivity index (χ3n) is 4.17. The number of nitrogens with zero attached hydrogens (tertiary/aromatic N) is 4. The maximum absolute atomic E-state index is 9.48. The highest BCUT2D eigenvalue weighted by Crippen LogP contribution is 2.27. The van der Waals surface area contributed by atoms with Crippen molar-refractivity contribution in [2.45, 2.75) is 13.0 Å². The van der Waals surface area contributed by atoms with Crippen LogP contribution in [0, 0.1) is 11.3 Å². The van der Waals surface area contributed by atoms with E-state index < -0.39 is 0 Å². The van der Waals surface area contributed by atoms with Crippen molar-refractivity contribution in [1.82, 2.24) is 14.5 Å². The second kappa shape index (κ2) is 6.80. The van der Waals surface area contributed by atoms with Crippen molar-refractivity contribution in [2.75, 3.05) is 5.73 Å². The van der Waals surface area contributed by atoms with Gasteiger partial charge in [-0.25, -0.2) is 9.97 Å². The molecule has 2 aromatic carbocycles. The van der Waals surface area contributed by atoms with Gasteiger partial charge in [0.1, 0.15) is 23.0 Å². The van der Waals surface area contributed by atoms with Crippen LogP contribution in [0.25, 0.3) is 22.2 Å². The number of benzene rings is 2. The molecule has 0 aliphatic rings. The minimum absolute atomic E-state index is 0. The van der Waals surface area contributed by atoms with Crippen molar-refractivity contribution in [3.8, 4) is 6.07 Å². The average molecular weight is 350 g/mol. The van der Waals surface area contributed by atoms with Crippen LogP contribution in [0.3, 0.4) is 0 Å². The SMILES string of the molecule is Cl.N#Cc1c(N)n(CCc2ccccc2)c2nc3ccccc3nc12. The van der Waals surface area contributed by atoms with Crippen molar-refractivity contribution < 1.29 is 0 Å². The van der Waals surface area contributed by atoms with E-state index in [-0.39, 0.29) is 12.4 Å². The Balaban J connectivity index is 0.00000182. The van der Waals surface area contributed by atoms with Gasteiger partial charge in [0.15, 0.2) is 5.65 Å². The summed E-state index contributed by atoms with van der Waals surface area (Å²) in [6, 6.07) is 20.0. The van der Waals surface area contributed by atoms with Crippen LogP contribution in [-0.2, 0) is 13.0 Å². The van der Waals surface area contributed by atoms with Crippen LogP contribution in [0.15, 0.2) is 54.6 Å². The molecule has 2 N–H and O–H groups in total. The third-order valence-corrected chi connectivity index (χ3v) is 4.17. The monoisotopic (exact) mass is 349 g/mol. The Kier molecular flexibility index (Phi) is 4.55. The van der Waals surface area contributed by atoms with Crippen LogP contribution < -0.4 is 5.73 Å². The first-order valence-corrected chi connectivity index (χ1v) is 7.76. The lowest BCUT2D eigenvalue weighted by Crippen LogP contribution is -2.06. The van der Waals surface area contributed by atoms with Crippen LogP contribution in [0.2, 0.25) is 0 Å². The highest BCUT2D eigenvalue weighted by atomic mass is 35.5. The van der Waals surface area contributed by atoms with Gasteiger partial charge in [0.25, 0.3) is 0 Å². The van der Waals surface area contributed by atoms with Crippen molar-refractivity contribution >= 4 is 40.4 Å². The van der Waals surface area contributed by atoms with Crippen LogP contribution in [-0.4, -0.2) is 14.5 Å². The maximum atomic E-state index is 9.48.